The van der Waals surface area contributed by atoms with Crippen LogP contribution < -0.4 is 19.9 Å². The summed E-state index contributed by atoms with van der Waals surface area (Å²) in [5, 5.41) is 0.113. The Morgan fingerprint density at radius 1 is 1.28 bits per heavy atom. The molecule has 0 bridgehead atoms. The highest BCUT2D eigenvalue weighted by atomic mass is 35.5. The van der Waals surface area contributed by atoms with E-state index in [-0.39, 0.29) is 34.8 Å². The molecule has 3 N–H and O–H groups in total. The van der Waals surface area contributed by atoms with Crippen LogP contribution in [0, 0.1) is 5.92 Å². The first-order chi connectivity index (χ1) is 11.4. The van der Waals surface area contributed by atoms with Crippen molar-refractivity contribution in [2.45, 2.75) is 43.0 Å². The first kappa shape index (κ1) is 20.6. The van der Waals surface area contributed by atoms with Gasteiger partial charge in [-0.05, 0) is 18.8 Å². The molecular weight excluding hydrogens is 387 g/mol. The predicted molar refractivity (Wildman–Crippen MR) is 99.4 cm³/mol. The van der Waals surface area contributed by atoms with Crippen molar-refractivity contribution in [3.8, 4) is 11.5 Å². The van der Waals surface area contributed by atoms with Gasteiger partial charge in [0.05, 0.1) is 5.02 Å². The number of fused-ring (bicyclic) bond motifs is 1. The Morgan fingerprint density at radius 3 is 2.52 bits per heavy atom. The van der Waals surface area contributed by atoms with Crippen molar-refractivity contribution in [3.05, 3.63) is 17.2 Å². The molecule has 0 amide bonds. The maximum Gasteiger partial charge on any atom is 0.242 e. The zero-order valence-corrected chi connectivity index (χ0v) is 16.5. The van der Waals surface area contributed by atoms with Gasteiger partial charge in [-0.25, -0.2) is 13.1 Å². The minimum atomic E-state index is -3.83. The quantitative estimate of drug-likeness (QED) is 0.795. The first-order valence-electron chi connectivity index (χ1n) is 8.21. The van der Waals surface area contributed by atoms with Gasteiger partial charge in [0.15, 0.2) is 11.5 Å². The summed E-state index contributed by atoms with van der Waals surface area (Å²) in [4.78, 5) is -0.000912. The SMILES string of the molecule is CC1CCCCC1(CN)NS(=O)(=O)c1cc2c(cc1Cl)OCCO2.Cl. The molecule has 1 heterocycles. The zero-order valence-electron chi connectivity index (χ0n) is 14.1. The molecule has 6 nitrogen and oxygen atoms in total. The lowest BCUT2D eigenvalue weighted by atomic mass is 9.74. The van der Waals surface area contributed by atoms with E-state index in [2.05, 4.69) is 4.72 Å². The van der Waals surface area contributed by atoms with Crippen molar-refractivity contribution in [2.75, 3.05) is 19.8 Å². The molecule has 142 valence electrons. The number of rotatable bonds is 4. The summed E-state index contributed by atoms with van der Waals surface area (Å²) in [7, 11) is -3.83. The summed E-state index contributed by atoms with van der Waals surface area (Å²) in [6.45, 7) is 3.10. The maximum atomic E-state index is 13.0. The molecule has 25 heavy (non-hydrogen) atoms. The highest BCUT2D eigenvalue weighted by Crippen LogP contribution is 2.39. The lowest BCUT2D eigenvalue weighted by Gasteiger charge is -2.42. The first-order valence-corrected chi connectivity index (χ1v) is 10.1. The van der Waals surface area contributed by atoms with Crippen LogP contribution in [0.25, 0.3) is 0 Å². The molecule has 9 heteroatoms. The molecule has 0 spiro atoms. The molecule has 1 aromatic carbocycles. The number of sulfonamides is 1. The van der Waals surface area contributed by atoms with Gasteiger partial charge in [0.2, 0.25) is 10.0 Å². The lowest BCUT2D eigenvalue weighted by molar-refractivity contribution is 0.171. The Kier molecular flexibility index (Phi) is 6.49. The van der Waals surface area contributed by atoms with E-state index in [1.165, 1.54) is 12.1 Å². The standard InChI is InChI=1S/C16H23ClN2O4S.ClH/c1-11-4-2-3-5-16(11,10-18)19-24(20,21)15-9-14-13(8-12(15)17)22-6-7-23-14;/h8-9,11,19H,2-7,10,18H2,1H3;1H. The summed E-state index contributed by atoms with van der Waals surface area (Å²) >= 11 is 6.20. The summed E-state index contributed by atoms with van der Waals surface area (Å²) in [6.07, 6.45) is 3.73. The highest BCUT2D eigenvalue weighted by molar-refractivity contribution is 7.89. The molecule has 1 aliphatic carbocycles. The van der Waals surface area contributed by atoms with Crippen LogP contribution in [0.5, 0.6) is 11.5 Å². The number of nitrogens with two attached hydrogens (primary N) is 1. The molecule has 1 aromatic rings. The van der Waals surface area contributed by atoms with Gasteiger partial charge < -0.3 is 15.2 Å². The second-order valence-corrected chi connectivity index (χ2v) is 8.60. The van der Waals surface area contributed by atoms with Gasteiger partial charge in [-0.2, -0.15) is 0 Å². The third-order valence-electron chi connectivity index (χ3n) is 5.04. The number of hydrogen-bond donors (Lipinski definition) is 2. The van der Waals surface area contributed by atoms with Crippen molar-refractivity contribution in [1.29, 1.82) is 0 Å². The smallest absolute Gasteiger partial charge is 0.242 e. The van der Waals surface area contributed by atoms with Crippen LogP contribution in [0.15, 0.2) is 17.0 Å². The van der Waals surface area contributed by atoms with Crippen molar-refractivity contribution < 1.29 is 17.9 Å². The zero-order chi connectivity index (χ0) is 17.4. The third kappa shape index (κ3) is 4.01. The number of halogens is 2. The molecule has 2 atom stereocenters. The lowest BCUT2D eigenvalue weighted by Crippen LogP contribution is -2.58. The number of nitrogens with one attached hydrogen (secondary N) is 1. The normalized spacial score (nSPS) is 26.0. The Hall–Kier alpha value is -0.730. The minimum Gasteiger partial charge on any atom is -0.486 e. The van der Waals surface area contributed by atoms with Gasteiger partial charge in [0, 0.05) is 24.2 Å². The number of ether oxygens (including phenoxy) is 2. The van der Waals surface area contributed by atoms with Gasteiger partial charge in [-0.3, -0.25) is 0 Å². The Balaban J connectivity index is 0.00000225. The second-order valence-electron chi connectivity index (χ2n) is 6.54. The molecule has 1 saturated carbocycles. The second kappa shape index (κ2) is 7.88. The van der Waals surface area contributed by atoms with E-state index in [0.717, 1.165) is 25.7 Å². The molecule has 0 saturated heterocycles. The monoisotopic (exact) mass is 410 g/mol. The fraction of sp³-hybridized carbons (Fsp3) is 0.625. The molecule has 2 unspecified atom stereocenters. The molecule has 1 fully saturated rings. The number of hydrogen-bond acceptors (Lipinski definition) is 5. The fourth-order valence-corrected chi connectivity index (χ4v) is 5.55. The third-order valence-corrected chi connectivity index (χ3v) is 7.06. The van der Waals surface area contributed by atoms with E-state index in [9.17, 15) is 8.42 Å². The van der Waals surface area contributed by atoms with E-state index >= 15 is 0 Å². The molecule has 0 radical (unpaired) electrons. The summed E-state index contributed by atoms with van der Waals surface area (Å²) in [5.74, 6) is 1.02. The van der Waals surface area contributed by atoms with Gasteiger partial charge >= 0.3 is 0 Å². The van der Waals surface area contributed by atoms with Gasteiger partial charge in [0.1, 0.15) is 18.1 Å². The van der Waals surface area contributed by atoms with Gasteiger partial charge in [-0.15, -0.1) is 12.4 Å². The van der Waals surface area contributed by atoms with E-state index in [0.29, 0.717) is 24.7 Å². The van der Waals surface area contributed by atoms with Crippen molar-refractivity contribution in [3.63, 3.8) is 0 Å². The van der Waals surface area contributed by atoms with Crippen LogP contribution in [0.2, 0.25) is 5.02 Å². The average molecular weight is 411 g/mol. The van der Waals surface area contributed by atoms with Crippen LogP contribution >= 0.6 is 24.0 Å². The molecule has 2 aliphatic rings. The van der Waals surface area contributed by atoms with E-state index < -0.39 is 15.6 Å². The largest absolute Gasteiger partial charge is 0.486 e. The van der Waals surface area contributed by atoms with Crippen LogP contribution in [0.4, 0.5) is 0 Å². The summed E-state index contributed by atoms with van der Waals surface area (Å²) in [6, 6.07) is 2.92. The van der Waals surface area contributed by atoms with Gasteiger partial charge in [-0.1, -0.05) is 31.4 Å². The van der Waals surface area contributed by atoms with Crippen LogP contribution in [0.3, 0.4) is 0 Å². The van der Waals surface area contributed by atoms with E-state index in [4.69, 9.17) is 26.8 Å². The highest BCUT2D eigenvalue weighted by Gasteiger charge is 2.41. The molecule has 1 aliphatic heterocycles. The fourth-order valence-electron chi connectivity index (χ4n) is 3.48. The van der Waals surface area contributed by atoms with E-state index in [1.54, 1.807) is 0 Å². The van der Waals surface area contributed by atoms with Crippen LogP contribution in [-0.4, -0.2) is 33.7 Å². The van der Waals surface area contributed by atoms with Gasteiger partial charge in [0.25, 0.3) is 0 Å². The van der Waals surface area contributed by atoms with Crippen molar-refractivity contribution >= 4 is 34.0 Å². The van der Waals surface area contributed by atoms with Crippen LogP contribution in [-0.2, 0) is 10.0 Å². The predicted octanol–water partition coefficient (Wildman–Crippen LogP) is 2.72. The number of benzene rings is 1. The average Bonchev–Trinajstić information content (AvgIpc) is 2.56. The van der Waals surface area contributed by atoms with Crippen LogP contribution in [0.1, 0.15) is 32.6 Å². The molecule has 3 rings (SSSR count). The Morgan fingerprint density at radius 2 is 1.92 bits per heavy atom. The molecule has 0 aromatic heterocycles. The Bertz CT molecular complexity index is 729. The van der Waals surface area contributed by atoms with Crippen molar-refractivity contribution in [2.24, 2.45) is 11.7 Å². The topological polar surface area (TPSA) is 90.7 Å². The van der Waals surface area contributed by atoms with Crippen molar-refractivity contribution in [1.82, 2.24) is 4.72 Å². The molecular formula is C16H24Cl2N2O4S. The summed E-state index contributed by atoms with van der Waals surface area (Å²) in [5.41, 5.74) is 5.33. The summed E-state index contributed by atoms with van der Waals surface area (Å²) < 4.78 is 39.7. The van der Waals surface area contributed by atoms with E-state index in [1.807, 2.05) is 6.92 Å². The Labute approximate surface area is 159 Å². The maximum absolute atomic E-state index is 13.0. The minimum absolute atomic E-state index is 0.